The first-order chi connectivity index (χ1) is 9.40. The van der Waals surface area contributed by atoms with Crippen molar-refractivity contribution in [1.82, 2.24) is 19.9 Å². The molecule has 0 spiro atoms. The second-order valence-electron chi connectivity index (χ2n) is 6.36. The lowest BCUT2D eigenvalue weighted by Gasteiger charge is -2.31. The molecule has 0 aliphatic heterocycles. The Morgan fingerprint density at radius 3 is 2.80 bits per heavy atom. The van der Waals surface area contributed by atoms with Crippen molar-refractivity contribution >= 4 is 5.65 Å². The Bertz CT molecular complexity index is 571. The van der Waals surface area contributed by atoms with Crippen LogP contribution in [0.15, 0.2) is 18.5 Å². The molecule has 0 radical (unpaired) electrons. The molecule has 5 heteroatoms. The summed E-state index contributed by atoms with van der Waals surface area (Å²) in [4.78, 5) is 4.40. The maximum atomic E-state index is 9.17. The van der Waals surface area contributed by atoms with Gasteiger partial charge in [0.1, 0.15) is 0 Å². The summed E-state index contributed by atoms with van der Waals surface area (Å²) in [6, 6.07) is 2.23. The van der Waals surface area contributed by atoms with E-state index in [0.29, 0.717) is 0 Å². The van der Waals surface area contributed by atoms with Gasteiger partial charge in [0.25, 0.3) is 0 Å². The predicted molar refractivity (Wildman–Crippen MR) is 79.5 cm³/mol. The maximum Gasteiger partial charge on any atom is 0.155 e. The van der Waals surface area contributed by atoms with Crippen LogP contribution in [0, 0.1) is 12.3 Å². The van der Waals surface area contributed by atoms with E-state index in [1.165, 1.54) is 0 Å². The minimum absolute atomic E-state index is 0.114. The Kier molecular flexibility index (Phi) is 4.40. The topological polar surface area (TPSA) is 62.5 Å². The van der Waals surface area contributed by atoms with Crippen LogP contribution in [0.25, 0.3) is 5.65 Å². The zero-order valence-corrected chi connectivity index (χ0v) is 12.7. The SMILES string of the molecule is Cc1cc2ncc(CNC(CCO)C(C)(C)C)cn2n1. The average molecular weight is 276 g/mol. The number of rotatable bonds is 5. The monoisotopic (exact) mass is 276 g/mol. The Morgan fingerprint density at radius 1 is 1.40 bits per heavy atom. The zero-order chi connectivity index (χ0) is 14.8. The third kappa shape index (κ3) is 3.55. The van der Waals surface area contributed by atoms with Crippen molar-refractivity contribution in [3.63, 3.8) is 0 Å². The van der Waals surface area contributed by atoms with Crippen LogP contribution in [0.5, 0.6) is 0 Å². The number of aliphatic hydroxyl groups excluding tert-OH is 1. The molecule has 0 aliphatic rings. The van der Waals surface area contributed by atoms with Gasteiger partial charge in [0, 0.05) is 43.2 Å². The quantitative estimate of drug-likeness (QED) is 0.876. The molecule has 2 heterocycles. The largest absolute Gasteiger partial charge is 0.396 e. The maximum absolute atomic E-state index is 9.17. The van der Waals surface area contributed by atoms with Crippen molar-refractivity contribution < 1.29 is 5.11 Å². The van der Waals surface area contributed by atoms with Gasteiger partial charge in [-0.15, -0.1) is 0 Å². The second kappa shape index (κ2) is 5.89. The summed E-state index contributed by atoms with van der Waals surface area (Å²) in [5.74, 6) is 0. The fourth-order valence-corrected chi connectivity index (χ4v) is 2.34. The van der Waals surface area contributed by atoms with E-state index in [2.05, 4.69) is 36.2 Å². The predicted octanol–water partition coefficient (Wildman–Crippen LogP) is 1.92. The number of nitrogens with zero attached hydrogens (tertiary/aromatic N) is 3. The summed E-state index contributed by atoms with van der Waals surface area (Å²) in [5.41, 5.74) is 3.04. The van der Waals surface area contributed by atoms with E-state index in [4.69, 9.17) is 0 Å². The molecule has 2 aromatic rings. The molecular formula is C15H24N4O. The Morgan fingerprint density at radius 2 is 2.15 bits per heavy atom. The molecule has 110 valence electrons. The first-order valence-electron chi connectivity index (χ1n) is 7.05. The van der Waals surface area contributed by atoms with E-state index >= 15 is 0 Å². The molecule has 2 N–H and O–H groups in total. The van der Waals surface area contributed by atoms with E-state index in [0.717, 1.165) is 29.9 Å². The highest BCUT2D eigenvalue weighted by atomic mass is 16.3. The number of nitrogens with one attached hydrogen (secondary N) is 1. The number of aliphatic hydroxyl groups is 1. The van der Waals surface area contributed by atoms with E-state index < -0.39 is 0 Å². The zero-order valence-electron chi connectivity index (χ0n) is 12.7. The molecule has 20 heavy (non-hydrogen) atoms. The smallest absolute Gasteiger partial charge is 0.155 e. The van der Waals surface area contributed by atoms with Crippen LogP contribution >= 0.6 is 0 Å². The van der Waals surface area contributed by atoms with Crippen molar-refractivity contribution in [1.29, 1.82) is 0 Å². The molecule has 0 fully saturated rings. The van der Waals surface area contributed by atoms with Gasteiger partial charge in [-0.3, -0.25) is 0 Å². The Hall–Kier alpha value is -1.46. The highest BCUT2D eigenvalue weighted by Gasteiger charge is 2.23. The van der Waals surface area contributed by atoms with Gasteiger partial charge in [-0.05, 0) is 18.8 Å². The van der Waals surface area contributed by atoms with E-state index in [9.17, 15) is 5.11 Å². The third-order valence-electron chi connectivity index (χ3n) is 3.50. The first kappa shape index (κ1) is 14.9. The van der Waals surface area contributed by atoms with Crippen LogP contribution in [0.4, 0.5) is 0 Å². The fraction of sp³-hybridized carbons (Fsp3) is 0.600. The number of aryl methyl sites for hydroxylation is 1. The molecule has 0 aromatic carbocycles. The molecule has 2 rings (SSSR count). The molecule has 0 amide bonds. The van der Waals surface area contributed by atoms with Crippen molar-refractivity contribution in [2.45, 2.75) is 46.7 Å². The van der Waals surface area contributed by atoms with Gasteiger partial charge in [-0.25, -0.2) is 9.50 Å². The standard InChI is InChI=1S/C15H24N4O/c1-11-7-14-17-9-12(10-19(14)18-11)8-16-13(5-6-20)15(2,3)4/h7,9-10,13,16,20H,5-6,8H2,1-4H3. The minimum Gasteiger partial charge on any atom is -0.396 e. The molecule has 2 aromatic heterocycles. The van der Waals surface area contributed by atoms with Crippen LogP contribution in [0.1, 0.15) is 38.4 Å². The van der Waals surface area contributed by atoms with Crippen molar-refractivity contribution in [2.75, 3.05) is 6.61 Å². The highest BCUT2D eigenvalue weighted by Crippen LogP contribution is 2.22. The van der Waals surface area contributed by atoms with Crippen LogP contribution in [0.2, 0.25) is 0 Å². The molecule has 0 saturated heterocycles. The lowest BCUT2D eigenvalue weighted by molar-refractivity contribution is 0.196. The van der Waals surface area contributed by atoms with Crippen LogP contribution in [-0.4, -0.2) is 32.4 Å². The molecule has 0 aliphatic carbocycles. The summed E-state index contributed by atoms with van der Waals surface area (Å²) in [7, 11) is 0. The van der Waals surface area contributed by atoms with E-state index in [1.807, 2.05) is 29.9 Å². The van der Waals surface area contributed by atoms with Crippen molar-refractivity contribution in [2.24, 2.45) is 5.41 Å². The van der Waals surface area contributed by atoms with Crippen molar-refractivity contribution in [3.8, 4) is 0 Å². The minimum atomic E-state index is 0.114. The summed E-state index contributed by atoms with van der Waals surface area (Å²) in [6.45, 7) is 9.42. The lowest BCUT2D eigenvalue weighted by Crippen LogP contribution is -2.40. The van der Waals surface area contributed by atoms with Gasteiger partial charge in [0.05, 0.1) is 5.69 Å². The van der Waals surface area contributed by atoms with Crippen molar-refractivity contribution in [3.05, 3.63) is 29.7 Å². The first-order valence-corrected chi connectivity index (χ1v) is 7.05. The van der Waals surface area contributed by atoms with Gasteiger partial charge >= 0.3 is 0 Å². The Balaban J connectivity index is 2.07. The summed E-state index contributed by atoms with van der Waals surface area (Å²) in [6.07, 6.45) is 4.63. The fourth-order valence-electron chi connectivity index (χ4n) is 2.34. The van der Waals surface area contributed by atoms with Gasteiger partial charge in [0.15, 0.2) is 5.65 Å². The number of hydrogen-bond acceptors (Lipinski definition) is 4. The summed E-state index contributed by atoms with van der Waals surface area (Å²) in [5, 5.41) is 17.1. The van der Waals surface area contributed by atoms with Gasteiger partial charge in [-0.1, -0.05) is 20.8 Å². The van der Waals surface area contributed by atoms with Crippen LogP contribution < -0.4 is 5.32 Å². The number of fused-ring (bicyclic) bond motifs is 1. The number of aromatic nitrogens is 3. The normalized spacial score (nSPS) is 13.8. The summed E-state index contributed by atoms with van der Waals surface area (Å²) >= 11 is 0. The van der Waals surface area contributed by atoms with Gasteiger partial charge in [0.2, 0.25) is 0 Å². The van der Waals surface area contributed by atoms with E-state index in [-0.39, 0.29) is 18.1 Å². The van der Waals surface area contributed by atoms with Gasteiger partial charge < -0.3 is 10.4 Å². The number of hydrogen-bond donors (Lipinski definition) is 2. The molecule has 5 nitrogen and oxygen atoms in total. The van der Waals surface area contributed by atoms with E-state index in [1.54, 1.807) is 0 Å². The van der Waals surface area contributed by atoms with Crippen LogP contribution in [-0.2, 0) is 6.54 Å². The Labute approximate surface area is 120 Å². The third-order valence-corrected chi connectivity index (χ3v) is 3.50. The highest BCUT2D eigenvalue weighted by molar-refractivity contribution is 5.38. The summed E-state index contributed by atoms with van der Waals surface area (Å²) < 4.78 is 1.81. The van der Waals surface area contributed by atoms with Crippen LogP contribution in [0.3, 0.4) is 0 Å². The molecule has 0 saturated carbocycles. The average Bonchev–Trinajstić information content (AvgIpc) is 2.72. The van der Waals surface area contributed by atoms with Gasteiger partial charge in [-0.2, -0.15) is 5.10 Å². The molecule has 1 unspecified atom stereocenters. The lowest BCUT2D eigenvalue weighted by atomic mass is 9.85. The second-order valence-corrected chi connectivity index (χ2v) is 6.36. The molecule has 0 bridgehead atoms. The molecule has 1 atom stereocenters. The molecular weight excluding hydrogens is 252 g/mol.